The number of rotatable bonds is 2. The summed E-state index contributed by atoms with van der Waals surface area (Å²) in [4.78, 5) is 14.1. The van der Waals surface area contributed by atoms with Gasteiger partial charge in [0.15, 0.2) is 0 Å². The van der Waals surface area contributed by atoms with Crippen LogP contribution in [0, 0.1) is 5.82 Å². The van der Waals surface area contributed by atoms with Crippen molar-refractivity contribution in [2.75, 3.05) is 26.2 Å². The Labute approximate surface area is 113 Å². The van der Waals surface area contributed by atoms with E-state index in [1.807, 2.05) is 11.8 Å². The highest BCUT2D eigenvalue weighted by molar-refractivity contribution is 5.97. The molecule has 0 bridgehead atoms. The molecule has 2 rings (SSSR count). The Hall–Kier alpha value is -1.68. The van der Waals surface area contributed by atoms with Crippen molar-refractivity contribution in [3.05, 3.63) is 41.2 Å². The molecule has 1 aliphatic rings. The standard InChI is InChI=1S/C15H19FN2O/c1-12(11-13-3-5-14(16)6-4-13)15(19)18-9-2-7-17-8-10-18/h3-6,11,17H,2,7-10H2,1H3. The summed E-state index contributed by atoms with van der Waals surface area (Å²) >= 11 is 0. The molecule has 1 N–H and O–H groups in total. The summed E-state index contributed by atoms with van der Waals surface area (Å²) in [7, 11) is 0. The minimum atomic E-state index is -0.264. The van der Waals surface area contributed by atoms with Crippen LogP contribution >= 0.6 is 0 Å². The molecule has 1 saturated heterocycles. The molecule has 19 heavy (non-hydrogen) atoms. The van der Waals surface area contributed by atoms with Crippen LogP contribution in [0.15, 0.2) is 29.8 Å². The van der Waals surface area contributed by atoms with Crippen molar-refractivity contribution >= 4 is 12.0 Å². The van der Waals surface area contributed by atoms with Gasteiger partial charge >= 0.3 is 0 Å². The second-order valence-corrected chi connectivity index (χ2v) is 4.77. The zero-order valence-electron chi connectivity index (χ0n) is 11.2. The molecule has 102 valence electrons. The van der Waals surface area contributed by atoms with Gasteiger partial charge in [-0.1, -0.05) is 12.1 Å². The number of hydrogen-bond acceptors (Lipinski definition) is 2. The van der Waals surface area contributed by atoms with E-state index < -0.39 is 0 Å². The second-order valence-electron chi connectivity index (χ2n) is 4.77. The first-order valence-electron chi connectivity index (χ1n) is 6.60. The predicted molar refractivity (Wildman–Crippen MR) is 74.1 cm³/mol. The van der Waals surface area contributed by atoms with Crippen molar-refractivity contribution < 1.29 is 9.18 Å². The molecule has 0 saturated carbocycles. The minimum absolute atomic E-state index is 0.0630. The zero-order valence-corrected chi connectivity index (χ0v) is 11.2. The van der Waals surface area contributed by atoms with Crippen LogP contribution in [0.2, 0.25) is 0 Å². The van der Waals surface area contributed by atoms with Crippen molar-refractivity contribution in [1.82, 2.24) is 10.2 Å². The lowest BCUT2D eigenvalue weighted by molar-refractivity contribution is -0.126. The molecule has 1 fully saturated rings. The molecule has 0 aliphatic carbocycles. The molecule has 0 spiro atoms. The SMILES string of the molecule is CC(=Cc1ccc(F)cc1)C(=O)N1CCCNCC1. The number of nitrogens with zero attached hydrogens (tertiary/aromatic N) is 1. The van der Waals surface area contributed by atoms with Crippen LogP contribution in [0.3, 0.4) is 0 Å². The third-order valence-corrected chi connectivity index (χ3v) is 3.22. The van der Waals surface area contributed by atoms with Gasteiger partial charge in [-0.05, 0) is 43.7 Å². The molecule has 4 heteroatoms. The predicted octanol–water partition coefficient (Wildman–Crippen LogP) is 2.05. The molecule has 0 radical (unpaired) electrons. The fourth-order valence-corrected chi connectivity index (χ4v) is 2.17. The van der Waals surface area contributed by atoms with Gasteiger partial charge in [-0.15, -0.1) is 0 Å². The van der Waals surface area contributed by atoms with Gasteiger partial charge in [-0.2, -0.15) is 0 Å². The lowest BCUT2D eigenvalue weighted by Gasteiger charge is -2.20. The van der Waals surface area contributed by atoms with Crippen molar-refractivity contribution in [2.24, 2.45) is 0 Å². The van der Waals surface area contributed by atoms with E-state index in [2.05, 4.69) is 5.32 Å². The molecule has 0 unspecified atom stereocenters. The highest BCUT2D eigenvalue weighted by atomic mass is 19.1. The number of carbonyl (C=O) groups excluding carboxylic acids is 1. The van der Waals surface area contributed by atoms with E-state index in [-0.39, 0.29) is 11.7 Å². The van der Waals surface area contributed by atoms with Gasteiger partial charge < -0.3 is 10.2 Å². The van der Waals surface area contributed by atoms with E-state index in [0.29, 0.717) is 5.57 Å². The van der Waals surface area contributed by atoms with E-state index in [0.717, 1.165) is 38.2 Å². The summed E-state index contributed by atoms with van der Waals surface area (Å²) in [6, 6.07) is 6.16. The lowest BCUT2D eigenvalue weighted by atomic mass is 10.1. The average Bonchev–Trinajstić information content (AvgIpc) is 2.69. The molecule has 1 amide bonds. The summed E-state index contributed by atoms with van der Waals surface area (Å²) in [6.45, 7) is 5.15. The summed E-state index contributed by atoms with van der Waals surface area (Å²) in [5, 5.41) is 3.27. The average molecular weight is 262 g/mol. The number of benzene rings is 1. The van der Waals surface area contributed by atoms with Crippen LogP contribution in [-0.4, -0.2) is 37.0 Å². The smallest absolute Gasteiger partial charge is 0.249 e. The maximum Gasteiger partial charge on any atom is 0.249 e. The third kappa shape index (κ3) is 3.89. The van der Waals surface area contributed by atoms with Gasteiger partial charge in [0, 0.05) is 25.2 Å². The fraction of sp³-hybridized carbons (Fsp3) is 0.400. The normalized spacial score (nSPS) is 17.2. The maximum absolute atomic E-state index is 12.8. The Morgan fingerprint density at radius 3 is 2.74 bits per heavy atom. The number of amides is 1. The largest absolute Gasteiger partial charge is 0.338 e. The van der Waals surface area contributed by atoms with E-state index in [4.69, 9.17) is 0 Å². The zero-order chi connectivity index (χ0) is 13.7. The molecule has 0 aromatic heterocycles. The van der Waals surface area contributed by atoms with Gasteiger partial charge in [-0.3, -0.25) is 4.79 Å². The van der Waals surface area contributed by atoms with Crippen LogP contribution in [0.1, 0.15) is 18.9 Å². The lowest BCUT2D eigenvalue weighted by Crippen LogP contribution is -2.34. The third-order valence-electron chi connectivity index (χ3n) is 3.22. The van der Waals surface area contributed by atoms with Gasteiger partial charge in [-0.25, -0.2) is 4.39 Å². The monoisotopic (exact) mass is 262 g/mol. The first-order valence-corrected chi connectivity index (χ1v) is 6.60. The van der Waals surface area contributed by atoms with Crippen LogP contribution in [0.5, 0.6) is 0 Å². The van der Waals surface area contributed by atoms with Crippen molar-refractivity contribution in [1.29, 1.82) is 0 Å². The summed E-state index contributed by atoms with van der Waals surface area (Å²) < 4.78 is 12.8. The molecular formula is C15H19FN2O. The van der Waals surface area contributed by atoms with E-state index in [1.165, 1.54) is 12.1 Å². The van der Waals surface area contributed by atoms with E-state index in [9.17, 15) is 9.18 Å². The molecule has 0 atom stereocenters. The van der Waals surface area contributed by atoms with Gasteiger partial charge in [0.1, 0.15) is 5.82 Å². The summed E-state index contributed by atoms with van der Waals surface area (Å²) in [6.07, 6.45) is 2.79. The maximum atomic E-state index is 12.8. The van der Waals surface area contributed by atoms with Crippen molar-refractivity contribution in [3.63, 3.8) is 0 Å². The Morgan fingerprint density at radius 1 is 1.26 bits per heavy atom. The second kappa shape index (κ2) is 6.48. The fourth-order valence-electron chi connectivity index (χ4n) is 2.17. The van der Waals surface area contributed by atoms with Crippen molar-refractivity contribution in [2.45, 2.75) is 13.3 Å². The van der Waals surface area contributed by atoms with Gasteiger partial charge in [0.05, 0.1) is 0 Å². The topological polar surface area (TPSA) is 32.3 Å². The molecular weight excluding hydrogens is 243 g/mol. The van der Waals surface area contributed by atoms with Crippen LogP contribution in [-0.2, 0) is 4.79 Å². The Morgan fingerprint density at radius 2 is 2.00 bits per heavy atom. The number of nitrogens with one attached hydrogen (secondary N) is 1. The first kappa shape index (κ1) is 13.7. The molecule has 1 heterocycles. The quantitative estimate of drug-likeness (QED) is 0.827. The highest BCUT2D eigenvalue weighted by Crippen LogP contribution is 2.11. The van der Waals surface area contributed by atoms with Crippen molar-refractivity contribution in [3.8, 4) is 0 Å². The number of hydrogen-bond donors (Lipinski definition) is 1. The molecule has 3 nitrogen and oxygen atoms in total. The molecule has 1 aromatic rings. The van der Waals surface area contributed by atoms with Crippen LogP contribution in [0.4, 0.5) is 4.39 Å². The van der Waals surface area contributed by atoms with Gasteiger partial charge in [0.2, 0.25) is 5.91 Å². The Balaban J connectivity index is 2.06. The summed E-state index contributed by atoms with van der Waals surface area (Å²) in [5.41, 5.74) is 1.54. The molecule has 1 aliphatic heterocycles. The number of halogens is 1. The first-order chi connectivity index (χ1) is 9.16. The summed E-state index contributed by atoms with van der Waals surface area (Å²) in [5.74, 6) is -0.201. The Kier molecular flexibility index (Phi) is 4.68. The minimum Gasteiger partial charge on any atom is -0.338 e. The molecule has 1 aromatic carbocycles. The van der Waals surface area contributed by atoms with Gasteiger partial charge in [0.25, 0.3) is 0 Å². The van der Waals surface area contributed by atoms with E-state index in [1.54, 1.807) is 18.2 Å². The van der Waals surface area contributed by atoms with Crippen LogP contribution < -0.4 is 5.32 Å². The van der Waals surface area contributed by atoms with Crippen LogP contribution in [0.25, 0.3) is 6.08 Å². The Bertz CT molecular complexity index is 460. The number of carbonyl (C=O) groups is 1. The highest BCUT2D eigenvalue weighted by Gasteiger charge is 2.16. The van der Waals surface area contributed by atoms with E-state index >= 15 is 0 Å².